The molecule has 0 bridgehead atoms. The smallest absolute Gasteiger partial charge is 0.186 e. The predicted octanol–water partition coefficient (Wildman–Crippen LogP) is 5.93. The van der Waals surface area contributed by atoms with E-state index in [0.717, 1.165) is 35.8 Å². The molecule has 0 amide bonds. The van der Waals surface area contributed by atoms with Gasteiger partial charge in [-0.15, -0.1) is 11.3 Å². The molecule has 3 heteroatoms. The molecule has 1 heterocycles. The van der Waals surface area contributed by atoms with Crippen molar-refractivity contribution in [2.24, 2.45) is 0 Å². The van der Waals surface area contributed by atoms with Crippen molar-refractivity contribution in [1.29, 1.82) is 0 Å². The van der Waals surface area contributed by atoms with E-state index in [-0.39, 0.29) is 0 Å². The topological polar surface area (TPSA) is 16.1 Å². The van der Waals surface area contributed by atoms with Crippen molar-refractivity contribution in [3.05, 3.63) is 71.3 Å². The number of aromatic nitrogens is 1. The zero-order valence-corrected chi connectivity index (χ0v) is 15.2. The molecule has 3 rings (SSSR count). The van der Waals surface area contributed by atoms with Gasteiger partial charge in [-0.1, -0.05) is 55.1 Å². The minimum atomic E-state index is 0.402. The van der Waals surface area contributed by atoms with Crippen molar-refractivity contribution in [1.82, 2.24) is 4.98 Å². The van der Waals surface area contributed by atoms with Crippen LogP contribution in [0, 0.1) is 0 Å². The molecule has 0 N–H and O–H groups in total. The average Bonchev–Trinajstić information content (AvgIpc) is 3.10. The molecule has 0 fully saturated rings. The van der Waals surface area contributed by atoms with E-state index in [1.807, 2.05) is 6.08 Å². The zero-order valence-electron chi connectivity index (χ0n) is 14.4. The summed E-state index contributed by atoms with van der Waals surface area (Å²) in [7, 11) is 0. The Hall–Kier alpha value is -2.13. The highest BCUT2D eigenvalue weighted by Gasteiger charge is 2.16. The van der Waals surface area contributed by atoms with E-state index in [2.05, 4.69) is 73.2 Å². The van der Waals surface area contributed by atoms with Gasteiger partial charge in [0.15, 0.2) is 5.13 Å². The molecule has 2 aromatic rings. The molecule has 1 aromatic carbocycles. The Morgan fingerprint density at radius 1 is 1.25 bits per heavy atom. The molecular weight excluding hydrogens is 312 g/mol. The second-order valence-corrected chi connectivity index (χ2v) is 7.16. The first kappa shape index (κ1) is 16.7. The molecule has 0 radical (unpaired) electrons. The van der Waals surface area contributed by atoms with Crippen LogP contribution < -0.4 is 4.90 Å². The normalized spacial score (nSPS) is 13.9. The van der Waals surface area contributed by atoms with Crippen LogP contribution in [0.1, 0.15) is 43.5 Å². The van der Waals surface area contributed by atoms with Gasteiger partial charge in [-0.3, -0.25) is 0 Å². The maximum atomic E-state index is 4.89. The summed E-state index contributed by atoms with van der Waals surface area (Å²) < 4.78 is 0. The molecule has 1 aliphatic carbocycles. The summed E-state index contributed by atoms with van der Waals surface area (Å²) in [5.74, 6) is 0. The fourth-order valence-corrected chi connectivity index (χ4v) is 3.73. The van der Waals surface area contributed by atoms with E-state index in [9.17, 15) is 0 Å². The summed E-state index contributed by atoms with van der Waals surface area (Å²) in [6.45, 7) is 9.13. The third kappa shape index (κ3) is 3.85. The average molecular weight is 337 g/mol. The van der Waals surface area contributed by atoms with Crippen LogP contribution in [0.25, 0.3) is 11.6 Å². The number of rotatable bonds is 6. The Balaban J connectivity index is 1.80. The first-order valence-corrected chi connectivity index (χ1v) is 9.36. The standard InChI is InChI=1S/C21H24N2S/c1-4-17-10-12-18(13-11-17)14-23(16(2)3)21-22-20(15-24-21)19-8-6-5-7-9-19/h4,6,8-13,15-16H,1,5,7,14H2,2-3H3. The minimum Gasteiger partial charge on any atom is -0.341 e. The lowest BCUT2D eigenvalue weighted by molar-refractivity contribution is 0.680. The molecule has 1 aliphatic rings. The van der Waals surface area contributed by atoms with Crippen molar-refractivity contribution in [2.45, 2.75) is 39.3 Å². The largest absolute Gasteiger partial charge is 0.341 e. The van der Waals surface area contributed by atoms with E-state index < -0.39 is 0 Å². The molecule has 24 heavy (non-hydrogen) atoms. The lowest BCUT2D eigenvalue weighted by Crippen LogP contribution is -2.30. The van der Waals surface area contributed by atoms with Crippen LogP contribution in [0.3, 0.4) is 0 Å². The zero-order chi connectivity index (χ0) is 16.9. The fraction of sp³-hybridized carbons (Fsp3) is 0.286. The molecule has 1 aromatic heterocycles. The second-order valence-electron chi connectivity index (χ2n) is 6.32. The molecule has 0 saturated heterocycles. The van der Waals surface area contributed by atoms with Crippen molar-refractivity contribution >= 4 is 28.1 Å². The van der Waals surface area contributed by atoms with Gasteiger partial charge in [-0.05, 0) is 43.4 Å². The van der Waals surface area contributed by atoms with Crippen molar-refractivity contribution in [3.8, 4) is 0 Å². The highest BCUT2D eigenvalue weighted by atomic mass is 32.1. The Bertz CT molecular complexity index is 750. The summed E-state index contributed by atoms with van der Waals surface area (Å²) >= 11 is 1.73. The first-order chi connectivity index (χ1) is 11.7. The second kappa shape index (κ2) is 7.63. The third-order valence-corrected chi connectivity index (χ3v) is 5.10. The molecule has 0 saturated carbocycles. The van der Waals surface area contributed by atoms with E-state index in [0.29, 0.717) is 6.04 Å². The highest BCUT2D eigenvalue weighted by molar-refractivity contribution is 7.13. The summed E-state index contributed by atoms with van der Waals surface area (Å²) in [4.78, 5) is 7.26. The van der Waals surface area contributed by atoms with Gasteiger partial charge >= 0.3 is 0 Å². The van der Waals surface area contributed by atoms with Crippen LogP contribution in [0.5, 0.6) is 0 Å². The van der Waals surface area contributed by atoms with E-state index in [1.165, 1.54) is 11.1 Å². The van der Waals surface area contributed by atoms with Crippen molar-refractivity contribution < 1.29 is 0 Å². The van der Waals surface area contributed by atoms with Gasteiger partial charge in [-0.2, -0.15) is 0 Å². The summed E-state index contributed by atoms with van der Waals surface area (Å²) in [6.07, 6.45) is 10.8. The molecule has 124 valence electrons. The van der Waals surface area contributed by atoms with Gasteiger partial charge in [0.25, 0.3) is 0 Å². The number of benzene rings is 1. The Kier molecular flexibility index (Phi) is 5.31. The van der Waals surface area contributed by atoms with Gasteiger partial charge in [0.05, 0.1) is 5.69 Å². The van der Waals surface area contributed by atoms with Crippen LogP contribution in [-0.2, 0) is 6.54 Å². The van der Waals surface area contributed by atoms with Crippen LogP contribution in [-0.4, -0.2) is 11.0 Å². The first-order valence-electron chi connectivity index (χ1n) is 8.48. The minimum absolute atomic E-state index is 0.402. The van der Waals surface area contributed by atoms with Gasteiger partial charge < -0.3 is 4.90 Å². The Labute approximate surface area is 148 Å². The number of anilines is 1. The molecular formula is C21H24N2S. The Morgan fingerprint density at radius 2 is 2.04 bits per heavy atom. The molecule has 0 unspecified atom stereocenters. The quantitative estimate of drug-likeness (QED) is 0.649. The van der Waals surface area contributed by atoms with E-state index in [4.69, 9.17) is 4.98 Å². The maximum Gasteiger partial charge on any atom is 0.186 e. The number of hydrogen-bond donors (Lipinski definition) is 0. The van der Waals surface area contributed by atoms with Gasteiger partial charge in [0.2, 0.25) is 0 Å². The summed E-state index contributed by atoms with van der Waals surface area (Å²) in [5, 5.41) is 3.26. The number of hydrogen-bond acceptors (Lipinski definition) is 3. The van der Waals surface area contributed by atoms with Crippen LogP contribution in [0.4, 0.5) is 5.13 Å². The van der Waals surface area contributed by atoms with Crippen molar-refractivity contribution in [2.75, 3.05) is 4.90 Å². The van der Waals surface area contributed by atoms with Crippen LogP contribution in [0.15, 0.2) is 54.5 Å². The van der Waals surface area contributed by atoms with Crippen LogP contribution >= 0.6 is 11.3 Å². The SMILES string of the molecule is C=Cc1ccc(CN(c2nc(C3=CCCC=C3)cs2)C(C)C)cc1. The molecule has 0 atom stereocenters. The summed E-state index contributed by atoms with van der Waals surface area (Å²) in [5.41, 5.74) is 4.80. The maximum absolute atomic E-state index is 4.89. The highest BCUT2D eigenvalue weighted by Crippen LogP contribution is 2.29. The number of nitrogens with zero attached hydrogens (tertiary/aromatic N) is 2. The number of allylic oxidation sites excluding steroid dienone is 4. The molecule has 0 spiro atoms. The Morgan fingerprint density at radius 3 is 2.67 bits per heavy atom. The van der Waals surface area contributed by atoms with Gasteiger partial charge in [0.1, 0.15) is 0 Å². The number of thiazole rings is 1. The van der Waals surface area contributed by atoms with Gasteiger partial charge in [-0.25, -0.2) is 4.98 Å². The van der Waals surface area contributed by atoms with E-state index in [1.54, 1.807) is 11.3 Å². The molecule has 2 nitrogen and oxygen atoms in total. The molecule has 0 aliphatic heterocycles. The lowest BCUT2D eigenvalue weighted by atomic mass is 10.1. The monoisotopic (exact) mass is 336 g/mol. The predicted molar refractivity (Wildman–Crippen MR) is 106 cm³/mol. The fourth-order valence-electron chi connectivity index (χ4n) is 2.76. The van der Waals surface area contributed by atoms with Gasteiger partial charge in [0, 0.05) is 18.0 Å². The van der Waals surface area contributed by atoms with Crippen molar-refractivity contribution in [3.63, 3.8) is 0 Å². The lowest BCUT2D eigenvalue weighted by Gasteiger charge is -2.26. The van der Waals surface area contributed by atoms with E-state index >= 15 is 0 Å². The van der Waals surface area contributed by atoms with Crippen LogP contribution in [0.2, 0.25) is 0 Å². The summed E-state index contributed by atoms with van der Waals surface area (Å²) in [6, 6.07) is 8.98. The third-order valence-electron chi connectivity index (χ3n) is 4.22.